The lowest BCUT2D eigenvalue weighted by atomic mass is 10.1. The molecule has 0 saturated heterocycles. The van der Waals surface area contributed by atoms with Gasteiger partial charge in [-0.25, -0.2) is 14.2 Å². The zero-order valence-corrected chi connectivity index (χ0v) is 13.4. The number of amides is 2. The van der Waals surface area contributed by atoms with Gasteiger partial charge in [-0.05, 0) is 54.9 Å². The number of carbonyl (C=O) groups excluding carboxylic acids is 1. The van der Waals surface area contributed by atoms with Crippen LogP contribution in [-0.2, 0) is 6.42 Å². The summed E-state index contributed by atoms with van der Waals surface area (Å²) in [6, 6.07) is 4.51. The molecule has 4 rings (SSSR count). The number of aromatic nitrogens is 1. The summed E-state index contributed by atoms with van der Waals surface area (Å²) in [6.45, 7) is 0. The minimum absolute atomic E-state index is 0.0108. The van der Waals surface area contributed by atoms with Gasteiger partial charge in [0.05, 0.1) is 12.1 Å². The molecule has 1 saturated carbocycles. The van der Waals surface area contributed by atoms with Gasteiger partial charge >= 0.3 is 6.03 Å². The molecule has 0 radical (unpaired) electrons. The molecule has 4 nitrogen and oxygen atoms in total. The quantitative estimate of drug-likeness (QED) is 0.897. The van der Waals surface area contributed by atoms with Gasteiger partial charge in [0.1, 0.15) is 10.8 Å². The minimum Gasteiger partial charge on any atom is -0.331 e. The lowest BCUT2D eigenvalue weighted by Gasteiger charge is -2.19. The van der Waals surface area contributed by atoms with Crippen molar-refractivity contribution in [1.29, 1.82) is 0 Å². The molecule has 2 unspecified atom stereocenters. The van der Waals surface area contributed by atoms with Crippen LogP contribution < -0.4 is 10.6 Å². The van der Waals surface area contributed by atoms with Crippen LogP contribution in [0.3, 0.4) is 0 Å². The highest BCUT2D eigenvalue weighted by Crippen LogP contribution is 2.41. The molecule has 1 fully saturated rings. The number of benzene rings is 1. The molecule has 0 bridgehead atoms. The Kier molecular flexibility index (Phi) is 3.77. The second kappa shape index (κ2) is 5.92. The number of hydrogen-bond acceptors (Lipinski definition) is 3. The van der Waals surface area contributed by atoms with Crippen LogP contribution in [0.2, 0.25) is 0 Å². The van der Waals surface area contributed by atoms with Gasteiger partial charge in [0.2, 0.25) is 0 Å². The zero-order valence-electron chi connectivity index (χ0n) is 12.6. The van der Waals surface area contributed by atoms with Crippen molar-refractivity contribution in [1.82, 2.24) is 15.6 Å². The van der Waals surface area contributed by atoms with Crippen LogP contribution in [0, 0.1) is 11.7 Å². The summed E-state index contributed by atoms with van der Waals surface area (Å²) in [5.41, 5.74) is 2.02. The summed E-state index contributed by atoms with van der Waals surface area (Å²) in [5.74, 6) is 0.233. The Balaban J connectivity index is 1.44. The molecular weight excluding hydrogens is 313 g/mol. The average Bonchev–Trinajstić information content (AvgIpc) is 3.08. The van der Waals surface area contributed by atoms with Crippen LogP contribution in [0.1, 0.15) is 47.5 Å². The maximum absolute atomic E-state index is 13.4. The molecule has 2 atom stereocenters. The normalized spacial score (nSPS) is 20.8. The fraction of sp³-hybridized carbons (Fsp3) is 0.412. The Morgan fingerprint density at radius 1 is 1.35 bits per heavy atom. The van der Waals surface area contributed by atoms with E-state index in [2.05, 4.69) is 15.6 Å². The Hall–Kier alpha value is -1.95. The van der Waals surface area contributed by atoms with Crippen LogP contribution in [-0.4, -0.2) is 11.0 Å². The van der Waals surface area contributed by atoms with Crippen LogP contribution in [0.15, 0.2) is 29.8 Å². The van der Waals surface area contributed by atoms with Crippen LogP contribution in [0.25, 0.3) is 0 Å². The zero-order chi connectivity index (χ0) is 15.8. The van der Waals surface area contributed by atoms with Gasteiger partial charge in [0, 0.05) is 11.6 Å². The third kappa shape index (κ3) is 3.08. The molecule has 2 N–H and O–H groups in total. The van der Waals surface area contributed by atoms with Crippen molar-refractivity contribution in [2.45, 2.75) is 37.8 Å². The van der Waals surface area contributed by atoms with Crippen molar-refractivity contribution in [3.05, 3.63) is 51.7 Å². The third-order valence-corrected chi connectivity index (χ3v) is 5.45. The van der Waals surface area contributed by atoms with E-state index in [1.54, 1.807) is 17.5 Å². The van der Waals surface area contributed by atoms with E-state index in [9.17, 15) is 9.18 Å². The Labute approximate surface area is 138 Å². The summed E-state index contributed by atoms with van der Waals surface area (Å²) in [6.07, 6.45) is 5.71. The van der Waals surface area contributed by atoms with Crippen molar-refractivity contribution in [3.63, 3.8) is 0 Å². The van der Waals surface area contributed by atoms with E-state index >= 15 is 0 Å². The number of fused-ring (bicyclic) bond motifs is 1. The summed E-state index contributed by atoms with van der Waals surface area (Å²) in [4.78, 5) is 16.7. The van der Waals surface area contributed by atoms with Crippen molar-refractivity contribution in [3.8, 4) is 0 Å². The standard InChI is InChI=1S/C17H18FN3OS/c18-12-5-3-10-4-6-14(13(10)9-12)20-17(22)21-15(11-1-2-11)16-19-7-8-23-16/h3,5,7-9,11,14-15H,1-2,4,6H2,(H2,20,21,22). The van der Waals surface area contributed by atoms with E-state index in [1.165, 1.54) is 12.1 Å². The van der Waals surface area contributed by atoms with Gasteiger partial charge in [-0.3, -0.25) is 0 Å². The molecule has 1 aromatic heterocycles. The van der Waals surface area contributed by atoms with E-state index < -0.39 is 0 Å². The number of aryl methyl sites for hydroxylation is 1. The number of nitrogens with zero attached hydrogens (tertiary/aromatic N) is 1. The first-order chi connectivity index (χ1) is 11.2. The third-order valence-electron chi connectivity index (χ3n) is 4.59. The van der Waals surface area contributed by atoms with Crippen molar-refractivity contribution in [2.24, 2.45) is 5.92 Å². The number of halogens is 1. The van der Waals surface area contributed by atoms with Crippen molar-refractivity contribution >= 4 is 17.4 Å². The highest BCUT2D eigenvalue weighted by Gasteiger charge is 2.35. The Bertz CT molecular complexity index is 715. The minimum atomic E-state index is -0.253. The highest BCUT2D eigenvalue weighted by molar-refractivity contribution is 7.09. The van der Waals surface area contributed by atoms with Gasteiger partial charge in [-0.2, -0.15) is 0 Å². The lowest BCUT2D eigenvalue weighted by molar-refractivity contribution is 0.231. The molecule has 1 heterocycles. The van der Waals surface area contributed by atoms with Crippen molar-refractivity contribution < 1.29 is 9.18 Å². The van der Waals surface area contributed by atoms with Crippen LogP contribution in [0.4, 0.5) is 9.18 Å². The number of rotatable bonds is 4. The van der Waals surface area contributed by atoms with E-state index in [0.29, 0.717) is 5.92 Å². The first-order valence-corrected chi connectivity index (χ1v) is 8.83. The molecule has 6 heteroatoms. The van der Waals surface area contributed by atoms with Gasteiger partial charge in [-0.15, -0.1) is 11.3 Å². The van der Waals surface area contributed by atoms with E-state index in [-0.39, 0.29) is 23.9 Å². The summed E-state index contributed by atoms with van der Waals surface area (Å²) < 4.78 is 13.4. The first-order valence-electron chi connectivity index (χ1n) is 7.95. The van der Waals surface area contributed by atoms with Crippen LogP contribution >= 0.6 is 11.3 Å². The van der Waals surface area contributed by atoms with Crippen molar-refractivity contribution in [2.75, 3.05) is 0 Å². The highest BCUT2D eigenvalue weighted by atomic mass is 32.1. The van der Waals surface area contributed by atoms with E-state index in [0.717, 1.165) is 41.8 Å². The summed E-state index contributed by atoms with van der Waals surface area (Å²) in [7, 11) is 0. The van der Waals surface area contributed by atoms with Gasteiger partial charge < -0.3 is 10.6 Å². The molecular formula is C17H18FN3OS. The second-order valence-electron chi connectivity index (χ2n) is 6.24. The van der Waals surface area contributed by atoms with E-state index in [1.807, 2.05) is 11.4 Å². The molecule has 2 aliphatic carbocycles. The fourth-order valence-electron chi connectivity index (χ4n) is 3.26. The molecule has 1 aromatic carbocycles. The summed E-state index contributed by atoms with van der Waals surface area (Å²) >= 11 is 1.57. The molecule has 2 aromatic rings. The predicted octanol–water partition coefficient (Wildman–Crippen LogP) is 3.72. The summed E-state index contributed by atoms with van der Waals surface area (Å²) in [5, 5.41) is 8.94. The van der Waals surface area contributed by atoms with Gasteiger partial charge in [0.15, 0.2) is 0 Å². The maximum Gasteiger partial charge on any atom is 0.315 e. The maximum atomic E-state index is 13.4. The first kappa shape index (κ1) is 14.6. The number of hydrogen-bond donors (Lipinski definition) is 2. The molecule has 0 spiro atoms. The van der Waals surface area contributed by atoms with Gasteiger partial charge in [-0.1, -0.05) is 6.07 Å². The van der Waals surface area contributed by atoms with E-state index in [4.69, 9.17) is 0 Å². The second-order valence-corrected chi connectivity index (χ2v) is 7.16. The fourth-order valence-corrected chi connectivity index (χ4v) is 4.04. The molecule has 2 aliphatic rings. The predicted molar refractivity (Wildman–Crippen MR) is 86.7 cm³/mol. The smallest absolute Gasteiger partial charge is 0.315 e. The topological polar surface area (TPSA) is 54.0 Å². The average molecular weight is 331 g/mol. The SMILES string of the molecule is O=C(NC1CCc2ccc(F)cc21)NC(c1nccs1)C1CC1. The Morgan fingerprint density at radius 2 is 2.22 bits per heavy atom. The molecule has 120 valence electrons. The molecule has 23 heavy (non-hydrogen) atoms. The Morgan fingerprint density at radius 3 is 2.96 bits per heavy atom. The monoisotopic (exact) mass is 331 g/mol. The lowest BCUT2D eigenvalue weighted by Crippen LogP contribution is -2.40. The molecule has 2 amide bonds. The number of carbonyl (C=O) groups is 1. The largest absolute Gasteiger partial charge is 0.331 e. The van der Waals surface area contributed by atoms with Crippen LogP contribution in [0.5, 0.6) is 0 Å². The molecule has 0 aliphatic heterocycles. The number of thiazole rings is 1. The number of urea groups is 1. The van der Waals surface area contributed by atoms with Gasteiger partial charge in [0.25, 0.3) is 0 Å². The number of nitrogens with one attached hydrogen (secondary N) is 2.